The summed E-state index contributed by atoms with van der Waals surface area (Å²) in [7, 11) is 0. The number of hydrogen-bond donors (Lipinski definition) is 2. The van der Waals surface area contributed by atoms with E-state index in [0.29, 0.717) is 6.54 Å². The van der Waals surface area contributed by atoms with Crippen molar-refractivity contribution < 1.29 is 4.79 Å². The predicted molar refractivity (Wildman–Crippen MR) is 68.8 cm³/mol. The SMILES string of the molecule is Cc1cc(C)cc(C2(C)CNCC2C(N)=O)c1. The van der Waals surface area contributed by atoms with E-state index in [1.807, 2.05) is 0 Å². The molecular formula is C14H20N2O. The van der Waals surface area contributed by atoms with Crippen molar-refractivity contribution in [3.05, 3.63) is 34.9 Å². The summed E-state index contributed by atoms with van der Waals surface area (Å²) in [5.74, 6) is -0.333. The van der Waals surface area contributed by atoms with Crippen LogP contribution in [0, 0.1) is 19.8 Å². The van der Waals surface area contributed by atoms with Crippen molar-refractivity contribution in [3.8, 4) is 0 Å². The Balaban J connectivity index is 2.46. The van der Waals surface area contributed by atoms with E-state index in [9.17, 15) is 4.79 Å². The van der Waals surface area contributed by atoms with Crippen LogP contribution in [0.15, 0.2) is 18.2 Å². The van der Waals surface area contributed by atoms with Crippen molar-refractivity contribution in [1.82, 2.24) is 5.32 Å². The monoisotopic (exact) mass is 232 g/mol. The maximum atomic E-state index is 11.5. The molecule has 1 aliphatic heterocycles. The summed E-state index contributed by atoms with van der Waals surface area (Å²) in [4.78, 5) is 11.5. The van der Waals surface area contributed by atoms with Gasteiger partial charge in [0.2, 0.25) is 5.91 Å². The van der Waals surface area contributed by atoms with E-state index in [2.05, 4.69) is 44.3 Å². The van der Waals surface area contributed by atoms with Gasteiger partial charge in [-0.15, -0.1) is 0 Å². The van der Waals surface area contributed by atoms with Crippen LogP contribution in [0.25, 0.3) is 0 Å². The molecule has 3 heteroatoms. The minimum atomic E-state index is -0.211. The van der Waals surface area contributed by atoms with E-state index >= 15 is 0 Å². The summed E-state index contributed by atoms with van der Waals surface area (Å²) < 4.78 is 0. The molecule has 17 heavy (non-hydrogen) atoms. The molecule has 2 rings (SSSR count). The van der Waals surface area contributed by atoms with Crippen molar-refractivity contribution in [1.29, 1.82) is 0 Å². The lowest BCUT2D eigenvalue weighted by molar-refractivity contribution is -0.122. The molecule has 1 saturated heterocycles. The zero-order valence-electron chi connectivity index (χ0n) is 10.7. The smallest absolute Gasteiger partial charge is 0.222 e. The number of aryl methyl sites for hydroxylation is 2. The zero-order chi connectivity index (χ0) is 12.6. The molecule has 3 nitrogen and oxygen atoms in total. The molecule has 0 spiro atoms. The Morgan fingerprint density at radius 1 is 1.35 bits per heavy atom. The minimum absolute atomic E-state index is 0.122. The summed E-state index contributed by atoms with van der Waals surface area (Å²) in [6, 6.07) is 6.47. The molecule has 2 unspecified atom stereocenters. The lowest BCUT2D eigenvalue weighted by atomic mass is 9.73. The van der Waals surface area contributed by atoms with Crippen LogP contribution in [0.3, 0.4) is 0 Å². The number of hydrogen-bond acceptors (Lipinski definition) is 2. The number of nitrogens with one attached hydrogen (secondary N) is 1. The van der Waals surface area contributed by atoms with Gasteiger partial charge in [-0.05, 0) is 19.4 Å². The van der Waals surface area contributed by atoms with Crippen LogP contribution < -0.4 is 11.1 Å². The first-order valence-electron chi connectivity index (χ1n) is 6.02. The van der Waals surface area contributed by atoms with Crippen LogP contribution in [-0.2, 0) is 10.2 Å². The fourth-order valence-corrected chi connectivity index (χ4v) is 2.85. The number of carbonyl (C=O) groups is 1. The molecule has 1 aromatic rings. The first-order chi connectivity index (χ1) is 7.93. The highest BCUT2D eigenvalue weighted by molar-refractivity contribution is 5.79. The van der Waals surface area contributed by atoms with Gasteiger partial charge in [0, 0.05) is 18.5 Å². The summed E-state index contributed by atoms with van der Waals surface area (Å²) in [6.07, 6.45) is 0. The summed E-state index contributed by atoms with van der Waals surface area (Å²) in [5.41, 5.74) is 9.01. The summed E-state index contributed by atoms with van der Waals surface area (Å²) >= 11 is 0. The fraction of sp³-hybridized carbons (Fsp3) is 0.500. The molecular weight excluding hydrogens is 212 g/mol. The third-order valence-corrected chi connectivity index (χ3v) is 3.83. The highest BCUT2D eigenvalue weighted by Gasteiger charge is 2.43. The number of benzene rings is 1. The van der Waals surface area contributed by atoms with Gasteiger partial charge in [0.15, 0.2) is 0 Å². The Kier molecular flexibility index (Phi) is 2.96. The van der Waals surface area contributed by atoms with Crippen LogP contribution >= 0.6 is 0 Å². The topological polar surface area (TPSA) is 55.1 Å². The van der Waals surface area contributed by atoms with Crippen LogP contribution in [0.5, 0.6) is 0 Å². The first-order valence-corrected chi connectivity index (χ1v) is 6.02. The standard InChI is InChI=1S/C14H20N2O/c1-9-4-10(2)6-11(5-9)14(3)8-16-7-12(14)13(15)17/h4-6,12,16H,7-8H2,1-3H3,(H2,15,17). The van der Waals surface area contributed by atoms with Gasteiger partial charge in [0.05, 0.1) is 5.92 Å². The maximum absolute atomic E-state index is 11.5. The van der Waals surface area contributed by atoms with Crippen molar-refractivity contribution in [2.24, 2.45) is 11.7 Å². The highest BCUT2D eigenvalue weighted by Crippen LogP contribution is 2.35. The molecule has 1 aliphatic rings. The molecule has 1 aromatic carbocycles. The van der Waals surface area contributed by atoms with Crippen LogP contribution in [0.1, 0.15) is 23.6 Å². The van der Waals surface area contributed by atoms with E-state index in [1.54, 1.807) is 0 Å². The average Bonchev–Trinajstić information content (AvgIpc) is 2.60. The Bertz CT molecular complexity index is 435. The van der Waals surface area contributed by atoms with E-state index in [1.165, 1.54) is 16.7 Å². The molecule has 3 N–H and O–H groups in total. The molecule has 1 heterocycles. The van der Waals surface area contributed by atoms with E-state index in [0.717, 1.165) is 6.54 Å². The summed E-state index contributed by atoms with van der Waals surface area (Å²) in [5, 5.41) is 3.28. The van der Waals surface area contributed by atoms with Crippen LogP contribution in [-0.4, -0.2) is 19.0 Å². The maximum Gasteiger partial charge on any atom is 0.222 e. The van der Waals surface area contributed by atoms with Crippen LogP contribution in [0.4, 0.5) is 0 Å². The molecule has 0 bridgehead atoms. The number of primary amides is 1. The largest absolute Gasteiger partial charge is 0.369 e. The number of amides is 1. The van der Waals surface area contributed by atoms with E-state index in [4.69, 9.17) is 5.73 Å². The summed E-state index contributed by atoms with van der Waals surface area (Å²) in [6.45, 7) is 7.78. The lowest BCUT2D eigenvalue weighted by Crippen LogP contribution is -2.39. The normalized spacial score (nSPS) is 28.3. The Labute approximate surface area is 102 Å². The van der Waals surface area contributed by atoms with Gasteiger partial charge in [-0.25, -0.2) is 0 Å². The molecule has 1 amide bonds. The quantitative estimate of drug-likeness (QED) is 0.806. The van der Waals surface area contributed by atoms with Crippen molar-refractivity contribution >= 4 is 5.91 Å². The second-order valence-electron chi connectivity index (χ2n) is 5.38. The Morgan fingerprint density at radius 3 is 2.47 bits per heavy atom. The van der Waals surface area contributed by atoms with Gasteiger partial charge >= 0.3 is 0 Å². The first kappa shape index (κ1) is 12.1. The molecule has 92 valence electrons. The minimum Gasteiger partial charge on any atom is -0.369 e. The third-order valence-electron chi connectivity index (χ3n) is 3.83. The number of carbonyl (C=O) groups excluding carboxylic acids is 1. The Morgan fingerprint density at radius 2 is 1.94 bits per heavy atom. The molecule has 0 aliphatic carbocycles. The van der Waals surface area contributed by atoms with E-state index in [-0.39, 0.29) is 17.2 Å². The number of rotatable bonds is 2. The van der Waals surface area contributed by atoms with Gasteiger partial charge in [0.25, 0.3) is 0 Å². The van der Waals surface area contributed by atoms with Gasteiger partial charge in [-0.1, -0.05) is 36.2 Å². The number of nitrogens with two attached hydrogens (primary N) is 1. The van der Waals surface area contributed by atoms with Gasteiger partial charge in [-0.3, -0.25) is 4.79 Å². The predicted octanol–water partition coefficient (Wildman–Crippen LogP) is 1.27. The molecule has 0 saturated carbocycles. The second kappa shape index (κ2) is 4.15. The lowest BCUT2D eigenvalue weighted by Gasteiger charge is -2.30. The van der Waals surface area contributed by atoms with Crippen molar-refractivity contribution in [3.63, 3.8) is 0 Å². The second-order valence-corrected chi connectivity index (χ2v) is 5.38. The zero-order valence-corrected chi connectivity index (χ0v) is 10.7. The molecule has 0 radical (unpaired) electrons. The fourth-order valence-electron chi connectivity index (χ4n) is 2.85. The Hall–Kier alpha value is -1.35. The van der Waals surface area contributed by atoms with Gasteiger partial charge in [0.1, 0.15) is 0 Å². The van der Waals surface area contributed by atoms with E-state index < -0.39 is 0 Å². The third kappa shape index (κ3) is 2.07. The van der Waals surface area contributed by atoms with Crippen molar-refractivity contribution in [2.45, 2.75) is 26.2 Å². The average molecular weight is 232 g/mol. The van der Waals surface area contributed by atoms with Crippen LogP contribution in [0.2, 0.25) is 0 Å². The highest BCUT2D eigenvalue weighted by atomic mass is 16.1. The molecule has 0 aromatic heterocycles. The van der Waals surface area contributed by atoms with Crippen molar-refractivity contribution in [2.75, 3.05) is 13.1 Å². The van der Waals surface area contributed by atoms with Gasteiger partial charge < -0.3 is 11.1 Å². The molecule has 2 atom stereocenters. The molecule has 1 fully saturated rings. The van der Waals surface area contributed by atoms with Gasteiger partial charge in [-0.2, -0.15) is 0 Å².